The predicted molar refractivity (Wildman–Crippen MR) is 141 cm³/mol. The van der Waals surface area contributed by atoms with E-state index >= 15 is 0 Å². The number of rotatable bonds is 13. The predicted octanol–water partition coefficient (Wildman–Crippen LogP) is 0.514. The summed E-state index contributed by atoms with van der Waals surface area (Å²) in [5, 5.41) is 3.08. The van der Waals surface area contributed by atoms with Gasteiger partial charge in [-0.3, -0.25) is 14.4 Å². The number of carbonyl (C=O) groups excluding carboxylic acids is 5. The molecule has 2 N–H and O–H groups in total. The molecule has 2 bridgehead atoms. The van der Waals surface area contributed by atoms with E-state index in [0.717, 1.165) is 4.90 Å². The van der Waals surface area contributed by atoms with Gasteiger partial charge in [-0.2, -0.15) is 13.5 Å². The van der Waals surface area contributed by atoms with Gasteiger partial charge in [0.1, 0.15) is 24.4 Å². The summed E-state index contributed by atoms with van der Waals surface area (Å²) in [5.41, 5.74) is 0.0810. The van der Waals surface area contributed by atoms with Gasteiger partial charge in [0, 0.05) is 13.1 Å². The van der Waals surface area contributed by atoms with E-state index in [2.05, 4.69) is 10.8 Å². The number of amides is 4. The third-order valence-electron chi connectivity index (χ3n) is 6.39. The Kier molecular flexibility index (Phi) is 10.7. The number of alkyl carbamates (subject to hydrolysis) is 1. The van der Waals surface area contributed by atoms with Gasteiger partial charge in [-0.25, -0.2) is 24.0 Å². The molecule has 3 rings (SSSR count). The third kappa shape index (κ3) is 9.54. The second kappa shape index (κ2) is 13.5. The van der Waals surface area contributed by atoms with E-state index in [4.69, 9.17) is 32.3 Å². The largest absolute Gasteiger partial charge is 0.509 e. The van der Waals surface area contributed by atoms with E-state index in [-0.39, 0.29) is 39.1 Å². The first-order valence-electron chi connectivity index (χ1n) is 13.5. The van der Waals surface area contributed by atoms with Crippen LogP contribution < -0.4 is 10.8 Å². The maximum atomic E-state index is 12.9. The van der Waals surface area contributed by atoms with E-state index in [1.165, 1.54) is 13.8 Å². The molecule has 4 unspecified atom stereocenters. The van der Waals surface area contributed by atoms with Crippen molar-refractivity contribution in [3.05, 3.63) is 0 Å². The van der Waals surface area contributed by atoms with Gasteiger partial charge in [0.05, 0.1) is 24.7 Å². The normalized spacial score (nSPS) is 23.9. The number of nitrogens with one attached hydrogen (secondary N) is 2. The van der Waals surface area contributed by atoms with E-state index in [1.54, 1.807) is 27.7 Å². The van der Waals surface area contributed by atoms with Crippen LogP contribution in [0.25, 0.3) is 0 Å². The molecule has 0 radical (unpaired) electrons. The number of hydroxylamine groups is 3. The molecule has 3 aliphatic heterocycles. The molecule has 3 heterocycles. The lowest BCUT2D eigenvalue weighted by atomic mass is 9.95. The highest BCUT2D eigenvalue weighted by molar-refractivity contribution is 7.81. The van der Waals surface area contributed by atoms with E-state index in [9.17, 15) is 32.4 Å². The maximum absolute atomic E-state index is 12.9. The molecule has 0 aromatic carbocycles. The van der Waals surface area contributed by atoms with Gasteiger partial charge in [0.2, 0.25) is 0 Å². The van der Waals surface area contributed by atoms with E-state index in [1.807, 2.05) is 0 Å². The van der Waals surface area contributed by atoms with Crippen molar-refractivity contribution >= 4 is 40.6 Å². The third-order valence-corrected chi connectivity index (χ3v) is 7.14. The van der Waals surface area contributed by atoms with Gasteiger partial charge in [-0.15, -0.1) is 4.28 Å². The Bertz CT molecular complexity index is 1190. The molecule has 19 heteroatoms. The fourth-order valence-electron chi connectivity index (χ4n) is 4.11. The first-order chi connectivity index (χ1) is 19.9. The SMILES string of the molecule is CC1OC(=O)OC1COC(=O)C(C)(C)COS(=O)(=O)ON1C(=O)N2CC1CCC2C(=O)NOCCNC(=O)OC(C)(C)C. The smallest absolute Gasteiger partial charge is 0.461 e. The first kappa shape index (κ1) is 34.1. The van der Waals surface area contributed by atoms with Crippen LogP contribution in [0.1, 0.15) is 54.4 Å². The van der Waals surface area contributed by atoms with E-state index < -0.39 is 82.5 Å². The van der Waals surface area contributed by atoms with Crippen molar-refractivity contribution in [1.29, 1.82) is 0 Å². The molecule has 3 aliphatic rings. The summed E-state index contributed by atoms with van der Waals surface area (Å²) in [4.78, 5) is 67.1. The summed E-state index contributed by atoms with van der Waals surface area (Å²) in [6, 6.07) is -2.51. The topological polar surface area (TPSA) is 215 Å². The Hall–Kier alpha value is -3.42. The molecular weight excluding hydrogens is 600 g/mol. The number of cyclic esters (lactones) is 2. The number of urea groups is 1. The van der Waals surface area contributed by atoms with Crippen LogP contribution in [-0.2, 0) is 52.2 Å². The molecule has 4 amide bonds. The van der Waals surface area contributed by atoms with Crippen LogP contribution in [0.15, 0.2) is 0 Å². The van der Waals surface area contributed by atoms with Crippen molar-refractivity contribution in [3.63, 3.8) is 0 Å². The average molecular weight is 639 g/mol. The zero-order valence-electron chi connectivity index (χ0n) is 24.8. The molecule has 3 fully saturated rings. The minimum Gasteiger partial charge on any atom is -0.461 e. The minimum atomic E-state index is -4.82. The lowest BCUT2D eigenvalue weighted by molar-refractivity contribution is -0.158. The summed E-state index contributed by atoms with van der Waals surface area (Å²) in [7, 11) is -4.82. The van der Waals surface area contributed by atoms with Gasteiger partial charge >= 0.3 is 34.6 Å². The zero-order valence-corrected chi connectivity index (χ0v) is 25.6. The van der Waals surface area contributed by atoms with Crippen LogP contribution in [0.5, 0.6) is 0 Å². The van der Waals surface area contributed by atoms with Crippen molar-refractivity contribution < 1.29 is 64.6 Å². The number of hydrogen-bond donors (Lipinski definition) is 2. The summed E-state index contributed by atoms with van der Waals surface area (Å²) < 4.78 is 54.8. The van der Waals surface area contributed by atoms with Gasteiger partial charge in [0.25, 0.3) is 5.91 Å². The second-order valence-electron chi connectivity index (χ2n) is 11.7. The minimum absolute atomic E-state index is 0.0122. The highest BCUT2D eigenvalue weighted by Gasteiger charge is 2.50. The van der Waals surface area contributed by atoms with Gasteiger partial charge in [0.15, 0.2) is 6.10 Å². The fraction of sp³-hybridized carbons (Fsp3) is 0.792. The summed E-state index contributed by atoms with van der Waals surface area (Å²) in [6.07, 6.45) is -2.54. The van der Waals surface area contributed by atoms with Crippen LogP contribution in [0.4, 0.5) is 14.4 Å². The van der Waals surface area contributed by atoms with Crippen LogP contribution in [0.3, 0.4) is 0 Å². The fourth-order valence-corrected chi connectivity index (χ4v) is 4.97. The van der Waals surface area contributed by atoms with Crippen molar-refractivity contribution in [2.24, 2.45) is 5.41 Å². The quantitative estimate of drug-likeness (QED) is 0.122. The molecule has 0 saturated carbocycles. The molecule has 0 aliphatic carbocycles. The molecule has 43 heavy (non-hydrogen) atoms. The summed E-state index contributed by atoms with van der Waals surface area (Å²) in [5.74, 6) is -1.48. The molecule has 18 nitrogen and oxygen atoms in total. The van der Waals surface area contributed by atoms with Crippen LogP contribution in [-0.4, -0.2) is 111 Å². The van der Waals surface area contributed by atoms with Crippen molar-refractivity contribution in [1.82, 2.24) is 20.8 Å². The van der Waals surface area contributed by atoms with Gasteiger partial charge < -0.3 is 29.2 Å². The number of hydrogen-bond acceptors (Lipinski definition) is 14. The number of ether oxygens (including phenoxy) is 4. The monoisotopic (exact) mass is 638 g/mol. The number of esters is 1. The van der Waals surface area contributed by atoms with Gasteiger partial charge in [-0.1, -0.05) is 0 Å². The lowest BCUT2D eigenvalue weighted by Crippen LogP contribution is -2.50. The Balaban J connectivity index is 1.43. The summed E-state index contributed by atoms with van der Waals surface area (Å²) in [6.45, 7) is 8.41. The second-order valence-corrected chi connectivity index (χ2v) is 12.9. The molecule has 3 saturated heterocycles. The summed E-state index contributed by atoms with van der Waals surface area (Å²) >= 11 is 0. The number of carbonyl (C=O) groups is 5. The van der Waals surface area contributed by atoms with Crippen molar-refractivity contribution in [2.45, 2.75) is 84.3 Å². The molecular formula is C24H38N4O14S. The van der Waals surface area contributed by atoms with Crippen LogP contribution in [0.2, 0.25) is 0 Å². The Morgan fingerprint density at radius 3 is 2.40 bits per heavy atom. The number of fused-ring (bicyclic) bond motifs is 2. The highest BCUT2D eigenvalue weighted by atomic mass is 32.3. The molecule has 0 spiro atoms. The molecule has 0 aromatic heterocycles. The standard InChI is InChI=1S/C24H38N4O14S/c1-14-17(40-22(33)39-14)12-36-19(30)24(5,6)13-38-43(34,35)42-28-15-7-8-16(27(11-15)21(28)32)18(29)26-37-10-9-25-20(31)41-23(2,3)4/h14-17H,7-13H2,1-6H3,(H,25,31)(H,26,29). The average Bonchev–Trinajstić information content (AvgIpc) is 3.34. The highest BCUT2D eigenvalue weighted by Crippen LogP contribution is 2.31. The van der Waals surface area contributed by atoms with Crippen molar-refractivity contribution in [2.75, 3.05) is 32.9 Å². The maximum Gasteiger partial charge on any atom is 0.509 e. The lowest BCUT2D eigenvalue weighted by Gasteiger charge is -2.28. The Labute approximate surface area is 248 Å². The zero-order chi connectivity index (χ0) is 32.2. The number of piperidine rings is 1. The first-order valence-corrected chi connectivity index (χ1v) is 14.8. The Morgan fingerprint density at radius 2 is 1.77 bits per heavy atom. The van der Waals surface area contributed by atoms with Crippen LogP contribution in [0, 0.1) is 5.41 Å². The molecule has 244 valence electrons. The van der Waals surface area contributed by atoms with E-state index in [0.29, 0.717) is 5.06 Å². The Morgan fingerprint density at radius 1 is 1.07 bits per heavy atom. The molecule has 4 atom stereocenters. The van der Waals surface area contributed by atoms with Crippen LogP contribution >= 0.6 is 0 Å². The number of nitrogens with zero attached hydrogens (tertiary/aromatic N) is 2. The van der Waals surface area contributed by atoms with Crippen molar-refractivity contribution in [3.8, 4) is 0 Å². The molecule has 0 aromatic rings. The van der Waals surface area contributed by atoms with Gasteiger partial charge in [-0.05, 0) is 54.4 Å².